The predicted octanol–water partition coefficient (Wildman–Crippen LogP) is 6.02. The fraction of sp³-hybridized carbons (Fsp3) is 0.190. The summed E-state index contributed by atoms with van der Waals surface area (Å²) in [5.74, 6) is -0.555. The number of hydrogen-bond acceptors (Lipinski definition) is 3. The number of benzene rings is 1. The topological polar surface area (TPSA) is 42.9 Å². The molecular weight excluding hydrogens is 389 g/mol. The van der Waals surface area contributed by atoms with Crippen LogP contribution in [0.2, 0.25) is 5.15 Å². The summed E-state index contributed by atoms with van der Waals surface area (Å²) in [7, 11) is 0. The molecule has 0 saturated heterocycles. The van der Waals surface area contributed by atoms with Gasteiger partial charge in [-0.15, -0.1) is 0 Å². The number of nitrogens with zero attached hydrogens (tertiary/aromatic N) is 2. The van der Waals surface area contributed by atoms with E-state index in [0.717, 1.165) is 23.0 Å². The van der Waals surface area contributed by atoms with Crippen LogP contribution in [0.4, 0.5) is 13.2 Å². The molecule has 0 aliphatic carbocycles. The standard InChI is InChI=1S/C21H16ClF3N2O/c22-19-8-2-6-17(27-19)15-11-9-14(10-12-15)4-1-7-18(28)16-5-3-13-26-20(16)21(23,24)25/h2-3,5-6,8-13H,1,4,7H2. The van der Waals surface area contributed by atoms with Crippen LogP contribution in [0.25, 0.3) is 11.3 Å². The first-order valence-corrected chi connectivity index (χ1v) is 8.99. The number of carbonyl (C=O) groups excluding carboxylic acids is 1. The van der Waals surface area contributed by atoms with Crippen molar-refractivity contribution in [3.05, 3.63) is 82.8 Å². The van der Waals surface area contributed by atoms with Gasteiger partial charge in [-0.2, -0.15) is 13.2 Å². The molecule has 0 radical (unpaired) electrons. The molecule has 0 N–H and O–H groups in total. The van der Waals surface area contributed by atoms with Crippen LogP contribution in [-0.4, -0.2) is 15.8 Å². The summed E-state index contributed by atoms with van der Waals surface area (Å²) in [5, 5.41) is 0.411. The largest absolute Gasteiger partial charge is 0.434 e. The number of Topliss-reactive ketones (excluding diaryl/α,β-unsaturated/α-hetero) is 1. The van der Waals surface area contributed by atoms with Crippen molar-refractivity contribution in [1.29, 1.82) is 0 Å². The summed E-state index contributed by atoms with van der Waals surface area (Å²) in [6.45, 7) is 0. The Kier molecular flexibility index (Phi) is 6.09. The third-order valence-electron chi connectivity index (χ3n) is 4.21. The highest BCUT2D eigenvalue weighted by atomic mass is 35.5. The highest BCUT2D eigenvalue weighted by Crippen LogP contribution is 2.30. The molecule has 7 heteroatoms. The van der Waals surface area contributed by atoms with Gasteiger partial charge in [-0.3, -0.25) is 9.78 Å². The van der Waals surface area contributed by atoms with Gasteiger partial charge < -0.3 is 0 Å². The zero-order valence-corrected chi connectivity index (χ0v) is 15.5. The number of aryl methyl sites for hydroxylation is 1. The van der Waals surface area contributed by atoms with Gasteiger partial charge >= 0.3 is 6.18 Å². The second-order valence-electron chi connectivity index (χ2n) is 6.22. The molecule has 3 aromatic rings. The van der Waals surface area contributed by atoms with Crippen LogP contribution in [0.15, 0.2) is 60.8 Å². The summed E-state index contributed by atoms with van der Waals surface area (Å²) in [4.78, 5) is 19.8. The molecule has 2 aromatic heterocycles. The quantitative estimate of drug-likeness (QED) is 0.372. The minimum Gasteiger partial charge on any atom is -0.294 e. The number of carbonyl (C=O) groups is 1. The van der Waals surface area contributed by atoms with Crippen LogP contribution in [-0.2, 0) is 12.6 Å². The number of rotatable bonds is 6. The average molecular weight is 405 g/mol. The van der Waals surface area contributed by atoms with Crippen molar-refractivity contribution in [1.82, 2.24) is 9.97 Å². The van der Waals surface area contributed by atoms with Gasteiger partial charge in [0.1, 0.15) is 5.15 Å². The maximum atomic E-state index is 13.0. The van der Waals surface area contributed by atoms with Crippen molar-refractivity contribution in [2.75, 3.05) is 0 Å². The molecule has 3 nitrogen and oxygen atoms in total. The van der Waals surface area contributed by atoms with Crippen molar-refractivity contribution < 1.29 is 18.0 Å². The average Bonchev–Trinajstić information content (AvgIpc) is 2.68. The maximum absolute atomic E-state index is 13.0. The lowest BCUT2D eigenvalue weighted by Gasteiger charge is -2.10. The fourth-order valence-corrected chi connectivity index (χ4v) is 3.02. The predicted molar refractivity (Wildman–Crippen MR) is 101 cm³/mol. The number of pyridine rings is 2. The van der Waals surface area contributed by atoms with Crippen molar-refractivity contribution in [2.45, 2.75) is 25.4 Å². The molecule has 0 bridgehead atoms. The van der Waals surface area contributed by atoms with Crippen molar-refractivity contribution in [3.63, 3.8) is 0 Å². The summed E-state index contributed by atoms with van der Waals surface area (Å²) in [6.07, 6.45) is -2.56. The number of aromatic nitrogens is 2. The first-order chi connectivity index (χ1) is 13.3. The van der Waals surface area contributed by atoms with E-state index in [-0.39, 0.29) is 12.0 Å². The van der Waals surface area contributed by atoms with Gasteiger partial charge in [-0.1, -0.05) is 41.9 Å². The van der Waals surface area contributed by atoms with Crippen LogP contribution in [0.5, 0.6) is 0 Å². The van der Waals surface area contributed by atoms with Crippen LogP contribution in [0.3, 0.4) is 0 Å². The number of ketones is 1. The summed E-state index contributed by atoms with van der Waals surface area (Å²) in [6, 6.07) is 15.5. The smallest absolute Gasteiger partial charge is 0.294 e. The highest BCUT2D eigenvalue weighted by Gasteiger charge is 2.36. The molecule has 0 aliphatic heterocycles. The van der Waals surface area contributed by atoms with Gasteiger partial charge in [0, 0.05) is 23.7 Å². The third kappa shape index (κ3) is 4.95. The van der Waals surface area contributed by atoms with Crippen LogP contribution in [0.1, 0.15) is 34.5 Å². The molecule has 0 fully saturated rings. The van der Waals surface area contributed by atoms with Gasteiger partial charge in [0.25, 0.3) is 0 Å². The van der Waals surface area contributed by atoms with E-state index in [0.29, 0.717) is 18.0 Å². The van der Waals surface area contributed by atoms with E-state index < -0.39 is 17.7 Å². The first kappa shape index (κ1) is 20.0. The van der Waals surface area contributed by atoms with Crippen LogP contribution in [0, 0.1) is 0 Å². The zero-order valence-electron chi connectivity index (χ0n) is 14.7. The molecule has 2 heterocycles. The van der Waals surface area contributed by atoms with Crippen LogP contribution < -0.4 is 0 Å². The molecular formula is C21H16ClF3N2O. The first-order valence-electron chi connectivity index (χ1n) is 8.62. The van der Waals surface area contributed by atoms with Crippen LogP contribution >= 0.6 is 11.6 Å². The Balaban J connectivity index is 1.61. The maximum Gasteiger partial charge on any atom is 0.434 e. The Morgan fingerprint density at radius 3 is 2.43 bits per heavy atom. The molecule has 144 valence electrons. The molecule has 28 heavy (non-hydrogen) atoms. The van der Waals surface area contributed by atoms with Crippen molar-refractivity contribution in [3.8, 4) is 11.3 Å². The van der Waals surface area contributed by atoms with Gasteiger partial charge in [0.05, 0.1) is 5.69 Å². The number of halogens is 4. The minimum absolute atomic E-state index is 0.0202. The van der Waals surface area contributed by atoms with Gasteiger partial charge in [0.2, 0.25) is 0 Å². The molecule has 0 saturated carbocycles. The Hall–Kier alpha value is -2.73. The Morgan fingerprint density at radius 1 is 1.00 bits per heavy atom. The van der Waals surface area contributed by atoms with E-state index in [2.05, 4.69) is 9.97 Å². The SMILES string of the molecule is O=C(CCCc1ccc(-c2cccc(Cl)n2)cc1)c1cccnc1C(F)(F)F. The van der Waals surface area contributed by atoms with Crippen molar-refractivity contribution >= 4 is 17.4 Å². The lowest BCUT2D eigenvalue weighted by atomic mass is 10.0. The monoisotopic (exact) mass is 404 g/mol. The van der Waals surface area contributed by atoms with E-state index in [9.17, 15) is 18.0 Å². The van der Waals surface area contributed by atoms with E-state index >= 15 is 0 Å². The zero-order chi connectivity index (χ0) is 20.1. The Morgan fingerprint density at radius 2 is 1.75 bits per heavy atom. The van der Waals surface area contributed by atoms with Gasteiger partial charge in [0.15, 0.2) is 11.5 Å². The number of hydrogen-bond donors (Lipinski definition) is 0. The second-order valence-corrected chi connectivity index (χ2v) is 6.60. The molecule has 1 aromatic carbocycles. The lowest BCUT2D eigenvalue weighted by molar-refractivity contribution is -0.141. The number of alkyl halides is 3. The lowest BCUT2D eigenvalue weighted by Crippen LogP contribution is -2.15. The van der Waals surface area contributed by atoms with Crippen molar-refractivity contribution in [2.24, 2.45) is 0 Å². The molecule has 0 unspecified atom stereocenters. The van der Waals surface area contributed by atoms with E-state index in [1.807, 2.05) is 36.4 Å². The highest BCUT2D eigenvalue weighted by molar-refractivity contribution is 6.29. The molecule has 0 aliphatic rings. The molecule has 0 amide bonds. The Labute approximate surface area is 165 Å². The second kappa shape index (κ2) is 8.52. The fourth-order valence-electron chi connectivity index (χ4n) is 2.86. The van der Waals surface area contributed by atoms with E-state index in [1.165, 1.54) is 12.1 Å². The molecule has 0 atom stereocenters. The van der Waals surface area contributed by atoms with Gasteiger partial charge in [-0.25, -0.2) is 4.98 Å². The minimum atomic E-state index is -4.64. The third-order valence-corrected chi connectivity index (χ3v) is 4.42. The molecule has 0 spiro atoms. The van der Waals surface area contributed by atoms with Gasteiger partial charge in [-0.05, 0) is 42.7 Å². The molecule has 3 rings (SSSR count). The summed E-state index contributed by atoms with van der Waals surface area (Å²) >= 11 is 5.90. The summed E-state index contributed by atoms with van der Waals surface area (Å²) in [5.41, 5.74) is 1.15. The normalized spacial score (nSPS) is 11.4. The van der Waals surface area contributed by atoms with E-state index in [1.54, 1.807) is 6.07 Å². The van der Waals surface area contributed by atoms with E-state index in [4.69, 9.17) is 11.6 Å². The summed E-state index contributed by atoms with van der Waals surface area (Å²) < 4.78 is 38.9. The Bertz CT molecular complexity index is 972.